The predicted molar refractivity (Wildman–Crippen MR) is 75.6 cm³/mol. The second kappa shape index (κ2) is 5.76. The number of carbonyl (C=O) groups is 1. The number of hydrogen-bond acceptors (Lipinski definition) is 6. The van der Waals surface area contributed by atoms with E-state index >= 15 is 0 Å². The molecule has 1 amide bonds. The van der Waals surface area contributed by atoms with Gasteiger partial charge in [-0.2, -0.15) is 13.2 Å². The number of carbonyl (C=O) groups excluding carboxylic acids is 1. The number of nitrogens with zero attached hydrogens (tertiary/aromatic N) is 5. The zero-order chi connectivity index (χ0) is 17.3. The van der Waals surface area contributed by atoms with Crippen LogP contribution < -0.4 is 11.1 Å². The highest BCUT2D eigenvalue weighted by molar-refractivity contribution is 5.96. The van der Waals surface area contributed by atoms with Gasteiger partial charge in [0.05, 0.1) is 12.1 Å². The molecule has 3 N–H and O–H groups in total. The number of fused-ring (bicyclic) bond motifs is 1. The Kier molecular flexibility index (Phi) is 3.75. The lowest BCUT2D eigenvalue weighted by Gasteiger charge is -2.08. The fraction of sp³-hybridized carbons (Fsp3) is 0.154. The Morgan fingerprint density at radius 1 is 1.21 bits per heavy atom. The van der Waals surface area contributed by atoms with Crippen molar-refractivity contribution in [3.05, 3.63) is 47.8 Å². The molecule has 0 aromatic carbocycles. The molecule has 3 rings (SSSR count). The van der Waals surface area contributed by atoms with E-state index in [1.54, 1.807) is 0 Å². The number of nitrogens with two attached hydrogens (primary N) is 1. The van der Waals surface area contributed by atoms with E-state index in [2.05, 4.69) is 25.5 Å². The van der Waals surface area contributed by atoms with Gasteiger partial charge in [0.15, 0.2) is 23.0 Å². The molecule has 124 valence electrons. The molecule has 0 fully saturated rings. The predicted octanol–water partition coefficient (Wildman–Crippen LogP) is 1.05. The lowest BCUT2D eigenvalue weighted by Crippen LogP contribution is -2.26. The first-order chi connectivity index (χ1) is 11.4. The number of halogens is 3. The van der Waals surface area contributed by atoms with E-state index in [1.807, 2.05) is 0 Å². The van der Waals surface area contributed by atoms with Gasteiger partial charge in [0.1, 0.15) is 0 Å². The lowest BCUT2D eigenvalue weighted by molar-refractivity contribution is -0.137. The molecule has 8 nitrogen and oxygen atoms in total. The minimum absolute atomic E-state index is 0.0551. The molecule has 0 atom stereocenters. The van der Waals surface area contributed by atoms with Crippen LogP contribution in [0.15, 0.2) is 30.7 Å². The molecule has 0 radical (unpaired) electrons. The van der Waals surface area contributed by atoms with Crippen molar-refractivity contribution in [3.8, 4) is 0 Å². The van der Waals surface area contributed by atoms with E-state index in [9.17, 15) is 18.0 Å². The minimum atomic E-state index is -4.49. The van der Waals surface area contributed by atoms with Crippen LogP contribution in [-0.2, 0) is 12.7 Å². The van der Waals surface area contributed by atoms with Crippen molar-refractivity contribution < 1.29 is 18.0 Å². The molecule has 0 aliphatic heterocycles. The number of alkyl halides is 3. The Balaban J connectivity index is 1.83. The smallest absolute Gasteiger partial charge is 0.382 e. The topological polar surface area (TPSA) is 111 Å². The van der Waals surface area contributed by atoms with Gasteiger partial charge in [-0.05, 0) is 12.1 Å². The molecule has 0 bridgehead atoms. The van der Waals surface area contributed by atoms with Crippen LogP contribution >= 0.6 is 0 Å². The molecule has 0 saturated heterocycles. The number of aromatic nitrogens is 5. The highest BCUT2D eigenvalue weighted by Crippen LogP contribution is 2.29. The third-order valence-electron chi connectivity index (χ3n) is 3.15. The average Bonchev–Trinajstić information content (AvgIpc) is 2.94. The quantitative estimate of drug-likeness (QED) is 0.739. The van der Waals surface area contributed by atoms with Gasteiger partial charge in [0.2, 0.25) is 0 Å². The van der Waals surface area contributed by atoms with Gasteiger partial charge in [-0.25, -0.2) is 9.97 Å². The molecule has 0 aliphatic rings. The van der Waals surface area contributed by atoms with Gasteiger partial charge >= 0.3 is 6.18 Å². The maximum atomic E-state index is 12.8. The van der Waals surface area contributed by atoms with Crippen molar-refractivity contribution in [1.29, 1.82) is 0 Å². The monoisotopic (exact) mass is 337 g/mol. The van der Waals surface area contributed by atoms with Gasteiger partial charge in [0.25, 0.3) is 5.91 Å². The van der Waals surface area contributed by atoms with Crippen molar-refractivity contribution in [2.45, 2.75) is 12.7 Å². The molecule has 3 heterocycles. The highest BCUT2D eigenvalue weighted by Gasteiger charge is 2.31. The fourth-order valence-corrected chi connectivity index (χ4v) is 1.99. The Morgan fingerprint density at radius 2 is 1.96 bits per heavy atom. The van der Waals surface area contributed by atoms with Crippen LogP contribution in [0, 0.1) is 0 Å². The van der Waals surface area contributed by atoms with Gasteiger partial charge in [0, 0.05) is 18.6 Å². The third-order valence-corrected chi connectivity index (χ3v) is 3.15. The molecule has 0 aliphatic carbocycles. The van der Waals surface area contributed by atoms with Crippen LogP contribution in [0.5, 0.6) is 0 Å². The summed E-state index contributed by atoms with van der Waals surface area (Å²) in [6.07, 6.45) is -0.995. The van der Waals surface area contributed by atoms with Crippen molar-refractivity contribution in [2.75, 3.05) is 5.73 Å². The maximum Gasteiger partial charge on any atom is 0.417 e. The summed E-state index contributed by atoms with van der Waals surface area (Å²) >= 11 is 0. The van der Waals surface area contributed by atoms with Crippen molar-refractivity contribution >= 4 is 17.4 Å². The standard InChI is InChI=1S/C13H10F3N7O/c14-13(15,16)7-1-2-8-21-22-9(23(8)6-7)5-20-12(24)10-11(17)19-4-3-18-10/h1-4,6H,5H2,(H2,17,19)(H,20,24). The largest absolute Gasteiger partial charge is 0.417 e. The zero-order valence-electron chi connectivity index (χ0n) is 11.9. The number of rotatable bonds is 3. The fourth-order valence-electron chi connectivity index (χ4n) is 1.99. The normalized spacial score (nSPS) is 11.6. The summed E-state index contributed by atoms with van der Waals surface area (Å²) in [4.78, 5) is 19.5. The summed E-state index contributed by atoms with van der Waals surface area (Å²) in [5, 5.41) is 9.99. The highest BCUT2D eigenvalue weighted by atomic mass is 19.4. The molecule has 0 spiro atoms. The van der Waals surface area contributed by atoms with Gasteiger partial charge < -0.3 is 11.1 Å². The van der Waals surface area contributed by atoms with Crippen LogP contribution in [0.1, 0.15) is 21.9 Å². The summed E-state index contributed by atoms with van der Waals surface area (Å²) in [5.41, 5.74) is 4.84. The molecule has 3 aromatic heterocycles. The third kappa shape index (κ3) is 2.95. The van der Waals surface area contributed by atoms with E-state index in [-0.39, 0.29) is 29.5 Å². The summed E-state index contributed by atoms with van der Waals surface area (Å²) in [6, 6.07) is 2.11. The number of anilines is 1. The lowest BCUT2D eigenvalue weighted by atomic mass is 10.3. The minimum Gasteiger partial charge on any atom is -0.382 e. The summed E-state index contributed by atoms with van der Waals surface area (Å²) in [7, 11) is 0. The second-order valence-corrected chi connectivity index (χ2v) is 4.73. The molecular formula is C13H10F3N7O. The molecular weight excluding hydrogens is 327 g/mol. The SMILES string of the molecule is Nc1nccnc1C(=O)NCc1nnc2ccc(C(F)(F)F)cn12. The number of amides is 1. The number of nitrogens with one attached hydrogen (secondary N) is 1. The van der Waals surface area contributed by atoms with Crippen LogP contribution in [-0.4, -0.2) is 30.5 Å². The molecule has 0 saturated carbocycles. The summed E-state index contributed by atoms with van der Waals surface area (Å²) in [6.45, 7) is -0.155. The van der Waals surface area contributed by atoms with E-state index in [0.29, 0.717) is 0 Å². The number of hydrogen-bond donors (Lipinski definition) is 2. The van der Waals surface area contributed by atoms with Crippen LogP contribution in [0.3, 0.4) is 0 Å². The first-order valence-electron chi connectivity index (χ1n) is 6.62. The van der Waals surface area contributed by atoms with E-state index in [1.165, 1.54) is 18.5 Å². The van der Waals surface area contributed by atoms with E-state index < -0.39 is 17.6 Å². The van der Waals surface area contributed by atoms with Gasteiger partial charge in [-0.1, -0.05) is 0 Å². The Hall–Kier alpha value is -3.24. The molecule has 11 heteroatoms. The Labute approximate surface area is 132 Å². The molecule has 3 aromatic rings. The van der Waals surface area contributed by atoms with Crippen LogP contribution in [0.4, 0.5) is 19.0 Å². The first-order valence-corrected chi connectivity index (χ1v) is 6.62. The van der Waals surface area contributed by atoms with Crippen molar-refractivity contribution in [2.24, 2.45) is 0 Å². The average molecular weight is 337 g/mol. The van der Waals surface area contributed by atoms with Gasteiger partial charge in [-0.15, -0.1) is 10.2 Å². The van der Waals surface area contributed by atoms with Crippen molar-refractivity contribution in [1.82, 2.24) is 29.9 Å². The maximum absolute atomic E-state index is 12.8. The second-order valence-electron chi connectivity index (χ2n) is 4.73. The number of nitrogen functional groups attached to an aromatic ring is 1. The summed E-state index contributed by atoms with van der Waals surface area (Å²) in [5.74, 6) is -0.545. The van der Waals surface area contributed by atoms with Gasteiger partial charge in [-0.3, -0.25) is 9.20 Å². The van der Waals surface area contributed by atoms with E-state index in [4.69, 9.17) is 5.73 Å². The molecule has 0 unspecified atom stereocenters. The van der Waals surface area contributed by atoms with Crippen molar-refractivity contribution in [3.63, 3.8) is 0 Å². The zero-order valence-corrected chi connectivity index (χ0v) is 11.9. The van der Waals surface area contributed by atoms with E-state index in [0.717, 1.165) is 16.7 Å². The Bertz CT molecular complexity index is 906. The first kappa shape index (κ1) is 15.6. The van der Waals surface area contributed by atoms with Crippen LogP contribution in [0.2, 0.25) is 0 Å². The number of pyridine rings is 1. The van der Waals surface area contributed by atoms with Crippen LogP contribution in [0.25, 0.3) is 5.65 Å². The Morgan fingerprint density at radius 3 is 2.67 bits per heavy atom. The summed E-state index contributed by atoms with van der Waals surface area (Å²) < 4.78 is 39.5. The molecule has 24 heavy (non-hydrogen) atoms.